The zero-order valence-electron chi connectivity index (χ0n) is 15.5. The second kappa shape index (κ2) is 7.89. The molecule has 0 aliphatic heterocycles. The first-order chi connectivity index (χ1) is 14.4. The van der Waals surface area contributed by atoms with Crippen molar-refractivity contribution >= 4 is 5.91 Å². The lowest BCUT2D eigenvalue weighted by Crippen LogP contribution is -2.29. The molecule has 0 aliphatic rings. The molecule has 1 amide bonds. The minimum Gasteiger partial charge on any atom is -0.506 e. The number of nitrogens with zero attached hydrogens (tertiary/aromatic N) is 4. The molecule has 0 radical (unpaired) electrons. The highest BCUT2D eigenvalue weighted by Crippen LogP contribution is 2.36. The summed E-state index contributed by atoms with van der Waals surface area (Å²) in [6.07, 6.45) is -7.90. The number of carbonyl (C=O) groups excluding carboxylic acids is 1. The average Bonchev–Trinajstić information content (AvgIpc) is 3.16. The van der Waals surface area contributed by atoms with Crippen molar-refractivity contribution in [3.8, 4) is 11.6 Å². The number of carbonyl (C=O) groups is 1. The smallest absolute Gasteiger partial charge is 0.416 e. The fourth-order valence-electron chi connectivity index (χ4n) is 2.66. The van der Waals surface area contributed by atoms with Crippen LogP contribution >= 0.6 is 0 Å². The third kappa shape index (κ3) is 4.92. The predicted molar refractivity (Wildman–Crippen MR) is 93.1 cm³/mol. The van der Waals surface area contributed by atoms with Crippen LogP contribution in [-0.2, 0) is 12.4 Å². The quantitative estimate of drug-likeness (QED) is 0.595. The first kappa shape index (κ1) is 22.1. The Hall–Kier alpha value is -3.64. The van der Waals surface area contributed by atoms with Gasteiger partial charge in [0.15, 0.2) is 11.6 Å². The molecule has 164 valence electrons. The number of rotatable bonds is 4. The van der Waals surface area contributed by atoms with E-state index in [1.807, 2.05) is 0 Å². The lowest BCUT2D eigenvalue weighted by atomic mass is 10.0. The Bertz CT molecular complexity index is 1060. The van der Waals surface area contributed by atoms with Gasteiger partial charge in [0.05, 0.1) is 23.4 Å². The Labute approximate surface area is 170 Å². The second-order valence-electron chi connectivity index (χ2n) is 6.39. The van der Waals surface area contributed by atoms with Gasteiger partial charge in [-0.05, 0) is 37.3 Å². The van der Waals surface area contributed by atoms with Gasteiger partial charge in [0.2, 0.25) is 0 Å². The molecule has 13 heteroatoms. The monoisotopic (exact) mass is 445 g/mol. The molecular formula is C18H13F6N5O2. The fourth-order valence-corrected chi connectivity index (χ4v) is 2.66. The van der Waals surface area contributed by atoms with E-state index in [9.17, 15) is 36.2 Å². The molecule has 7 nitrogen and oxygen atoms in total. The van der Waals surface area contributed by atoms with E-state index in [0.29, 0.717) is 12.1 Å². The summed E-state index contributed by atoms with van der Waals surface area (Å²) in [5, 5.41) is 15.5. The van der Waals surface area contributed by atoms with Crippen LogP contribution in [0.2, 0.25) is 0 Å². The van der Waals surface area contributed by atoms with Gasteiger partial charge in [-0.15, -0.1) is 0 Å². The van der Waals surface area contributed by atoms with E-state index < -0.39 is 41.0 Å². The van der Waals surface area contributed by atoms with E-state index in [1.54, 1.807) is 0 Å². The Kier molecular flexibility index (Phi) is 5.61. The van der Waals surface area contributed by atoms with Crippen LogP contribution in [0.25, 0.3) is 5.82 Å². The minimum atomic E-state index is -5.08. The average molecular weight is 445 g/mol. The number of halogens is 6. The molecule has 3 aromatic rings. The fraction of sp³-hybridized carbons (Fsp3) is 0.222. The maximum absolute atomic E-state index is 13.0. The first-order valence-electron chi connectivity index (χ1n) is 8.52. The molecule has 2 heterocycles. The van der Waals surface area contributed by atoms with Crippen LogP contribution in [-0.4, -0.2) is 30.8 Å². The molecule has 3 rings (SSSR count). The van der Waals surface area contributed by atoms with E-state index in [1.165, 1.54) is 23.7 Å². The van der Waals surface area contributed by atoms with Crippen molar-refractivity contribution in [2.75, 3.05) is 0 Å². The van der Waals surface area contributed by atoms with Crippen molar-refractivity contribution in [2.45, 2.75) is 25.3 Å². The molecule has 0 saturated heterocycles. The number of aromatic nitrogens is 4. The zero-order chi connectivity index (χ0) is 23.0. The molecular weight excluding hydrogens is 432 g/mol. The Balaban J connectivity index is 1.90. The van der Waals surface area contributed by atoms with E-state index >= 15 is 0 Å². The van der Waals surface area contributed by atoms with Gasteiger partial charge in [-0.25, -0.2) is 9.97 Å². The number of hydrogen-bond donors (Lipinski definition) is 2. The molecule has 1 unspecified atom stereocenters. The highest BCUT2D eigenvalue weighted by Gasteiger charge is 2.37. The highest BCUT2D eigenvalue weighted by atomic mass is 19.4. The normalized spacial score (nSPS) is 13.1. The summed E-state index contributed by atoms with van der Waals surface area (Å²) in [4.78, 5) is 20.3. The molecule has 1 atom stereocenters. The van der Waals surface area contributed by atoms with Crippen molar-refractivity contribution in [3.63, 3.8) is 0 Å². The summed E-state index contributed by atoms with van der Waals surface area (Å²) in [5.41, 5.74) is -4.02. The largest absolute Gasteiger partial charge is 0.506 e. The standard InChI is InChI=1S/C18H13F6N5O2/c1-9(15-26-8-27-29(15)14-3-2-13(30)7-25-14)28-16(31)10-4-11(17(19,20)21)6-12(5-10)18(22,23)24/h2-9,30H,1H3,(H,28,31). The minimum absolute atomic E-state index is 0.0622. The maximum Gasteiger partial charge on any atom is 0.416 e. The second-order valence-corrected chi connectivity index (χ2v) is 6.39. The van der Waals surface area contributed by atoms with E-state index in [-0.39, 0.29) is 23.5 Å². The lowest BCUT2D eigenvalue weighted by Gasteiger charge is -2.17. The third-order valence-corrected chi connectivity index (χ3v) is 4.11. The number of hydrogen-bond acceptors (Lipinski definition) is 5. The number of benzene rings is 1. The number of pyridine rings is 1. The topological polar surface area (TPSA) is 92.9 Å². The molecule has 31 heavy (non-hydrogen) atoms. The van der Waals surface area contributed by atoms with Crippen LogP contribution in [0.15, 0.2) is 42.9 Å². The Morgan fingerprint density at radius 1 is 1.03 bits per heavy atom. The Morgan fingerprint density at radius 3 is 2.16 bits per heavy atom. The van der Waals surface area contributed by atoms with Crippen molar-refractivity contribution in [3.05, 3.63) is 65.4 Å². The third-order valence-electron chi connectivity index (χ3n) is 4.11. The van der Waals surface area contributed by atoms with E-state index in [2.05, 4.69) is 20.4 Å². The van der Waals surface area contributed by atoms with Gasteiger partial charge in [-0.2, -0.15) is 36.1 Å². The van der Waals surface area contributed by atoms with Crippen LogP contribution in [0.5, 0.6) is 5.75 Å². The van der Waals surface area contributed by atoms with Crippen LogP contribution in [0, 0.1) is 0 Å². The Morgan fingerprint density at radius 2 is 1.65 bits per heavy atom. The molecule has 2 N–H and O–H groups in total. The SMILES string of the molecule is CC(NC(=O)c1cc(C(F)(F)F)cc(C(F)(F)F)c1)c1ncnn1-c1ccc(O)cn1. The van der Waals surface area contributed by atoms with Gasteiger partial charge in [0.1, 0.15) is 12.1 Å². The first-order valence-corrected chi connectivity index (χ1v) is 8.52. The molecule has 2 aromatic heterocycles. The van der Waals surface area contributed by atoms with Gasteiger partial charge in [-0.1, -0.05) is 0 Å². The van der Waals surface area contributed by atoms with Crippen molar-refractivity contribution in [1.29, 1.82) is 0 Å². The summed E-state index contributed by atoms with van der Waals surface area (Å²) in [5.74, 6) is -0.964. The maximum atomic E-state index is 13.0. The van der Waals surface area contributed by atoms with Gasteiger partial charge < -0.3 is 10.4 Å². The summed E-state index contributed by atoms with van der Waals surface area (Å²) in [6.45, 7) is 1.41. The summed E-state index contributed by atoms with van der Waals surface area (Å²) >= 11 is 0. The number of amides is 1. The molecule has 0 fully saturated rings. The summed E-state index contributed by atoms with van der Waals surface area (Å²) < 4.78 is 79.2. The molecule has 0 aliphatic carbocycles. The van der Waals surface area contributed by atoms with Crippen molar-refractivity contribution in [1.82, 2.24) is 25.1 Å². The van der Waals surface area contributed by atoms with Gasteiger partial charge in [-0.3, -0.25) is 4.79 Å². The lowest BCUT2D eigenvalue weighted by molar-refractivity contribution is -0.143. The van der Waals surface area contributed by atoms with Crippen molar-refractivity contribution in [2.24, 2.45) is 0 Å². The molecule has 1 aromatic carbocycles. The van der Waals surface area contributed by atoms with E-state index in [4.69, 9.17) is 0 Å². The highest BCUT2D eigenvalue weighted by molar-refractivity contribution is 5.94. The summed E-state index contributed by atoms with van der Waals surface area (Å²) in [7, 11) is 0. The predicted octanol–water partition coefficient (Wildman–Crippen LogP) is 3.90. The molecule has 0 saturated carbocycles. The number of nitrogens with one attached hydrogen (secondary N) is 1. The van der Waals surface area contributed by atoms with Crippen LogP contribution in [0.1, 0.15) is 40.3 Å². The van der Waals surface area contributed by atoms with Crippen LogP contribution in [0.3, 0.4) is 0 Å². The number of aromatic hydroxyl groups is 1. The van der Waals surface area contributed by atoms with Gasteiger partial charge in [0, 0.05) is 5.56 Å². The summed E-state index contributed by atoms with van der Waals surface area (Å²) in [6, 6.07) is 2.36. The van der Waals surface area contributed by atoms with Gasteiger partial charge in [0.25, 0.3) is 5.91 Å². The van der Waals surface area contributed by atoms with E-state index in [0.717, 1.165) is 12.5 Å². The van der Waals surface area contributed by atoms with Crippen molar-refractivity contribution < 1.29 is 36.2 Å². The van der Waals surface area contributed by atoms with Crippen LogP contribution < -0.4 is 5.32 Å². The van der Waals surface area contributed by atoms with Crippen LogP contribution in [0.4, 0.5) is 26.3 Å². The zero-order valence-corrected chi connectivity index (χ0v) is 15.5. The van der Waals surface area contributed by atoms with Gasteiger partial charge >= 0.3 is 12.4 Å². The number of alkyl halides is 6. The molecule has 0 bridgehead atoms. The molecule has 0 spiro atoms.